The van der Waals surface area contributed by atoms with Crippen molar-refractivity contribution in [1.82, 2.24) is 15.1 Å². The molecule has 0 saturated heterocycles. The predicted molar refractivity (Wildman–Crippen MR) is 86.2 cm³/mol. The maximum atomic E-state index is 13.0. The van der Waals surface area contributed by atoms with E-state index in [1.165, 1.54) is 12.1 Å². The lowest BCUT2D eigenvalue weighted by Gasteiger charge is -2.12. The molecule has 3 rings (SSSR count). The van der Waals surface area contributed by atoms with Crippen LogP contribution in [0.3, 0.4) is 0 Å². The van der Waals surface area contributed by atoms with Crippen molar-refractivity contribution in [2.24, 2.45) is 0 Å². The normalized spacial score (nSPS) is 11.3. The van der Waals surface area contributed by atoms with Crippen LogP contribution in [-0.4, -0.2) is 15.7 Å². The van der Waals surface area contributed by atoms with Gasteiger partial charge in [-0.15, -0.1) is 0 Å². The molecular weight excluding hydrogens is 331 g/mol. The van der Waals surface area contributed by atoms with Crippen LogP contribution < -0.4 is 5.32 Å². The zero-order valence-corrected chi connectivity index (χ0v) is 13.0. The second-order valence-electron chi connectivity index (χ2n) is 5.35. The van der Waals surface area contributed by atoms with E-state index in [9.17, 15) is 18.0 Å². The minimum absolute atomic E-state index is 0.0812. The third-order valence-electron chi connectivity index (χ3n) is 3.59. The van der Waals surface area contributed by atoms with Crippen molar-refractivity contribution in [1.29, 1.82) is 0 Å². The molecule has 0 radical (unpaired) electrons. The van der Waals surface area contributed by atoms with Crippen molar-refractivity contribution in [2.75, 3.05) is 0 Å². The highest BCUT2D eigenvalue weighted by molar-refractivity contribution is 5.95. The maximum absolute atomic E-state index is 13.0. The highest BCUT2D eigenvalue weighted by Gasteiger charge is 2.34. The number of amides is 1. The first-order valence-corrected chi connectivity index (χ1v) is 7.48. The van der Waals surface area contributed by atoms with E-state index in [1.54, 1.807) is 17.1 Å². The van der Waals surface area contributed by atoms with Crippen LogP contribution in [0.15, 0.2) is 67.0 Å². The number of nitrogens with one attached hydrogen (secondary N) is 1. The third kappa shape index (κ3) is 3.88. The number of hydrogen-bond donors (Lipinski definition) is 1. The molecular formula is C18H14F3N3O. The second kappa shape index (κ2) is 6.80. The molecule has 1 heterocycles. The van der Waals surface area contributed by atoms with Gasteiger partial charge in [0, 0.05) is 18.3 Å². The van der Waals surface area contributed by atoms with Crippen LogP contribution in [0, 0.1) is 0 Å². The summed E-state index contributed by atoms with van der Waals surface area (Å²) in [4.78, 5) is 12.1. The fourth-order valence-electron chi connectivity index (χ4n) is 2.38. The Labute approximate surface area is 141 Å². The molecule has 0 atom stereocenters. The lowest BCUT2D eigenvalue weighted by molar-refractivity contribution is -0.137. The van der Waals surface area contributed by atoms with Crippen molar-refractivity contribution in [3.8, 4) is 5.69 Å². The fourth-order valence-corrected chi connectivity index (χ4v) is 2.38. The van der Waals surface area contributed by atoms with E-state index in [1.807, 2.05) is 30.3 Å². The molecule has 0 aliphatic carbocycles. The van der Waals surface area contributed by atoms with Gasteiger partial charge in [0.1, 0.15) is 0 Å². The number of alkyl halides is 3. The lowest BCUT2D eigenvalue weighted by Crippen LogP contribution is -2.25. The average Bonchev–Trinajstić information content (AvgIpc) is 3.09. The monoisotopic (exact) mass is 345 g/mol. The molecule has 0 bridgehead atoms. The van der Waals surface area contributed by atoms with E-state index in [0.717, 1.165) is 17.8 Å². The first kappa shape index (κ1) is 16.8. The van der Waals surface area contributed by atoms with Crippen molar-refractivity contribution >= 4 is 5.91 Å². The summed E-state index contributed by atoms with van der Waals surface area (Å²) < 4.78 is 40.5. The number of halogens is 3. The molecule has 0 saturated carbocycles. The summed E-state index contributed by atoms with van der Waals surface area (Å²) in [7, 11) is 0. The first-order chi connectivity index (χ1) is 11.9. The molecule has 0 spiro atoms. The lowest BCUT2D eigenvalue weighted by atomic mass is 10.1. The quantitative estimate of drug-likeness (QED) is 0.781. The highest BCUT2D eigenvalue weighted by Crippen LogP contribution is 2.31. The van der Waals surface area contributed by atoms with Gasteiger partial charge in [0.2, 0.25) is 0 Å². The highest BCUT2D eigenvalue weighted by atomic mass is 19.4. The molecule has 2 aromatic carbocycles. The average molecular weight is 345 g/mol. The fraction of sp³-hybridized carbons (Fsp3) is 0.111. The smallest absolute Gasteiger partial charge is 0.348 e. The van der Waals surface area contributed by atoms with E-state index < -0.39 is 23.2 Å². The topological polar surface area (TPSA) is 46.9 Å². The number of para-hydroxylation sites is 1. The Morgan fingerprint density at radius 1 is 1.04 bits per heavy atom. The molecule has 0 aliphatic heterocycles. The molecule has 4 nitrogen and oxygen atoms in total. The van der Waals surface area contributed by atoms with Crippen LogP contribution in [0.25, 0.3) is 5.69 Å². The van der Waals surface area contributed by atoms with Crippen molar-refractivity contribution in [2.45, 2.75) is 12.7 Å². The summed E-state index contributed by atoms with van der Waals surface area (Å²) in [5.41, 5.74) is 0.183. The Hall–Kier alpha value is -3.09. The van der Waals surface area contributed by atoms with E-state index >= 15 is 0 Å². The van der Waals surface area contributed by atoms with Crippen LogP contribution in [0.5, 0.6) is 0 Å². The number of aromatic nitrogens is 2. The Kier molecular flexibility index (Phi) is 4.56. The van der Waals surface area contributed by atoms with Crippen LogP contribution in [-0.2, 0) is 12.7 Å². The number of nitrogens with zero attached hydrogens (tertiary/aromatic N) is 2. The van der Waals surface area contributed by atoms with E-state index in [0.29, 0.717) is 5.56 Å². The summed E-state index contributed by atoms with van der Waals surface area (Å²) in [6.45, 7) is 0.0812. The standard InChI is InChI=1S/C18H14F3N3O/c19-18(20,21)16-9-5-4-8-15(16)17(25)22-10-13-11-23-24(12-13)14-6-2-1-3-7-14/h1-9,11-12H,10H2,(H,22,25). The zero-order chi connectivity index (χ0) is 17.9. The largest absolute Gasteiger partial charge is 0.417 e. The maximum Gasteiger partial charge on any atom is 0.417 e. The van der Waals surface area contributed by atoms with Gasteiger partial charge >= 0.3 is 6.18 Å². The van der Waals surface area contributed by atoms with Crippen LogP contribution >= 0.6 is 0 Å². The Balaban J connectivity index is 1.71. The van der Waals surface area contributed by atoms with Crippen molar-refractivity contribution in [3.05, 3.63) is 83.7 Å². The minimum atomic E-state index is -4.58. The summed E-state index contributed by atoms with van der Waals surface area (Å²) in [6.07, 6.45) is -1.31. The SMILES string of the molecule is O=C(NCc1cnn(-c2ccccc2)c1)c1ccccc1C(F)(F)F. The Morgan fingerprint density at radius 2 is 1.72 bits per heavy atom. The number of hydrogen-bond acceptors (Lipinski definition) is 2. The van der Waals surface area contributed by atoms with Gasteiger partial charge in [-0.2, -0.15) is 18.3 Å². The van der Waals surface area contributed by atoms with Gasteiger partial charge in [-0.05, 0) is 24.3 Å². The van der Waals surface area contributed by atoms with Gasteiger partial charge in [-0.3, -0.25) is 4.79 Å². The summed E-state index contributed by atoms with van der Waals surface area (Å²) in [6, 6.07) is 14.1. The minimum Gasteiger partial charge on any atom is -0.348 e. The number of rotatable bonds is 4. The molecule has 25 heavy (non-hydrogen) atoms. The molecule has 0 unspecified atom stereocenters. The van der Waals surface area contributed by atoms with Crippen LogP contribution in [0.4, 0.5) is 13.2 Å². The summed E-state index contributed by atoms with van der Waals surface area (Å²) in [5.74, 6) is -0.777. The van der Waals surface area contributed by atoms with Crippen molar-refractivity contribution in [3.63, 3.8) is 0 Å². The van der Waals surface area contributed by atoms with Gasteiger partial charge in [0.15, 0.2) is 0 Å². The molecule has 3 aromatic rings. The van der Waals surface area contributed by atoms with Crippen LogP contribution in [0.1, 0.15) is 21.5 Å². The van der Waals surface area contributed by atoms with Gasteiger partial charge < -0.3 is 5.32 Å². The molecule has 1 aromatic heterocycles. The van der Waals surface area contributed by atoms with Crippen LogP contribution in [0.2, 0.25) is 0 Å². The molecule has 0 fully saturated rings. The summed E-state index contributed by atoms with van der Waals surface area (Å²) >= 11 is 0. The van der Waals surface area contributed by atoms with Gasteiger partial charge in [-0.25, -0.2) is 4.68 Å². The Morgan fingerprint density at radius 3 is 2.44 bits per heavy atom. The number of carbonyl (C=O) groups excluding carboxylic acids is 1. The van der Waals surface area contributed by atoms with Gasteiger partial charge in [0.05, 0.1) is 23.0 Å². The molecule has 1 amide bonds. The van der Waals surface area contributed by atoms with E-state index in [4.69, 9.17) is 0 Å². The second-order valence-corrected chi connectivity index (χ2v) is 5.35. The van der Waals surface area contributed by atoms with E-state index in [-0.39, 0.29) is 6.54 Å². The number of benzene rings is 2. The predicted octanol–water partition coefficient (Wildman–Crippen LogP) is 3.82. The molecule has 7 heteroatoms. The first-order valence-electron chi connectivity index (χ1n) is 7.48. The number of carbonyl (C=O) groups is 1. The molecule has 128 valence electrons. The Bertz CT molecular complexity index is 873. The van der Waals surface area contributed by atoms with E-state index in [2.05, 4.69) is 10.4 Å². The van der Waals surface area contributed by atoms with Gasteiger partial charge in [-0.1, -0.05) is 30.3 Å². The van der Waals surface area contributed by atoms with Gasteiger partial charge in [0.25, 0.3) is 5.91 Å². The molecule has 1 N–H and O–H groups in total. The third-order valence-corrected chi connectivity index (χ3v) is 3.59. The zero-order valence-electron chi connectivity index (χ0n) is 13.0. The molecule has 0 aliphatic rings. The van der Waals surface area contributed by atoms with Crippen molar-refractivity contribution < 1.29 is 18.0 Å². The summed E-state index contributed by atoms with van der Waals surface area (Å²) in [5, 5.41) is 6.68.